The van der Waals surface area contributed by atoms with Crippen LogP contribution in [0.4, 0.5) is 4.79 Å². The fourth-order valence-corrected chi connectivity index (χ4v) is 4.83. The molecule has 3 aliphatic heterocycles. The minimum Gasteiger partial charge on any atom is -0.341 e. The number of fused-ring (bicyclic) bond motifs is 2. The Bertz CT molecular complexity index is 1220. The Kier molecular flexibility index (Phi) is 5.79. The van der Waals surface area contributed by atoms with Crippen molar-refractivity contribution in [2.24, 2.45) is 10.7 Å². The van der Waals surface area contributed by atoms with Gasteiger partial charge in [0, 0.05) is 37.8 Å². The highest BCUT2D eigenvalue weighted by Crippen LogP contribution is 2.30. The number of likely N-dealkylation sites (tertiary alicyclic amines) is 1. The number of carbonyl (C=O) groups is 2. The Morgan fingerprint density at radius 2 is 2.06 bits per heavy atom. The highest BCUT2D eigenvalue weighted by Gasteiger charge is 2.53. The molecule has 4 heterocycles. The van der Waals surface area contributed by atoms with Crippen LogP contribution in [-0.4, -0.2) is 92.4 Å². The molecular weight excluding hydrogens is 432 g/mol. The summed E-state index contributed by atoms with van der Waals surface area (Å²) in [6.45, 7) is 3.57. The third-order valence-electron chi connectivity index (χ3n) is 6.58. The third-order valence-corrected chi connectivity index (χ3v) is 6.58. The van der Waals surface area contributed by atoms with Crippen LogP contribution in [0.25, 0.3) is 10.9 Å². The monoisotopic (exact) mass is 460 g/mol. The van der Waals surface area contributed by atoms with Gasteiger partial charge in [-0.05, 0) is 25.8 Å². The van der Waals surface area contributed by atoms with Crippen molar-refractivity contribution >= 4 is 28.8 Å². The van der Waals surface area contributed by atoms with Crippen LogP contribution in [-0.2, 0) is 11.3 Å². The normalized spacial score (nSPS) is 24.8. The molecule has 1 aromatic heterocycles. The third kappa shape index (κ3) is 3.82. The van der Waals surface area contributed by atoms with Crippen LogP contribution in [0, 0.1) is 11.8 Å². The first-order valence-electron chi connectivity index (χ1n) is 11.5. The van der Waals surface area contributed by atoms with Crippen molar-refractivity contribution in [2.75, 3.05) is 26.7 Å². The predicted molar refractivity (Wildman–Crippen MR) is 127 cm³/mol. The van der Waals surface area contributed by atoms with E-state index in [4.69, 9.17) is 10.7 Å². The summed E-state index contributed by atoms with van der Waals surface area (Å²) in [6, 6.07) is 6.60. The SMILES string of the molecule is CC#CCN1C(N2CCC[C@@H](N)C2)=NC2C1C(=O)N(Cc1ncc3ccccc3n1)C(=O)N2C. The number of amides is 3. The van der Waals surface area contributed by atoms with Crippen molar-refractivity contribution in [3.63, 3.8) is 0 Å². The number of nitrogens with two attached hydrogens (primary N) is 1. The standard InChI is InChI=1S/C24H28N8O2/c1-3-4-12-31-20-21(28-23(31)30-11-7-9-17(25)14-30)29(2)24(34)32(22(20)33)15-19-26-13-16-8-5-6-10-18(16)27-19/h5-6,8,10,13,17,20-21H,7,9,11-12,14-15,25H2,1-2H3/t17-,20?,21?/m1/s1. The molecule has 2 fully saturated rings. The van der Waals surface area contributed by atoms with Crippen LogP contribution in [0.15, 0.2) is 35.5 Å². The van der Waals surface area contributed by atoms with Gasteiger partial charge in [-0.2, -0.15) is 0 Å². The molecule has 5 rings (SSSR count). The van der Waals surface area contributed by atoms with E-state index >= 15 is 0 Å². The Morgan fingerprint density at radius 1 is 1.24 bits per heavy atom. The number of likely N-dealkylation sites (N-methyl/N-ethyl adjacent to an activating group) is 1. The summed E-state index contributed by atoms with van der Waals surface area (Å²) in [5.74, 6) is 6.76. The smallest absolute Gasteiger partial charge is 0.328 e. The zero-order valence-electron chi connectivity index (χ0n) is 19.4. The number of urea groups is 1. The van der Waals surface area contributed by atoms with Gasteiger partial charge < -0.3 is 20.4 Å². The lowest BCUT2D eigenvalue weighted by Gasteiger charge is -2.41. The number of imide groups is 1. The maximum absolute atomic E-state index is 13.7. The van der Waals surface area contributed by atoms with Gasteiger partial charge in [-0.1, -0.05) is 24.1 Å². The van der Waals surface area contributed by atoms with Gasteiger partial charge in [0.05, 0.1) is 18.6 Å². The van der Waals surface area contributed by atoms with Crippen LogP contribution in [0.1, 0.15) is 25.6 Å². The molecule has 3 atom stereocenters. The van der Waals surface area contributed by atoms with E-state index in [1.807, 2.05) is 29.2 Å². The maximum atomic E-state index is 13.7. The van der Waals surface area contributed by atoms with Gasteiger partial charge in [-0.25, -0.2) is 19.8 Å². The summed E-state index contributed by atoms with van der Waals surface area (Å²) in [4.78, 5) is 47.5. The first-order chi connectivity index (χ1) is 16.5. The molecule has 0 radical (unpaired) electrons. The van der Waals surface area contributed by atoms with Crippen LogP contribution in [0.2, 0.25) is 0 Å². The van der Waals surface area contributed by atoms with Gasteiger partial charge in [0.2, 0.25) is 0 Å². The van der Waals surface area contributed by atoms with Crippen LogP contribution < -0.4 is 5.73 Å². The minimum absolute atomic E-state index is 0.00667. The van der Waals surface area contributed by atoms with E-state index in [-0.39, 0.29) is 18.5 Å². The van der Waals surface area contributed by atoms with Crippen molar-refractivity contribution < 1.29 is 9.59 Å². The molecule has 2 unspecified atom stereocenters. The van der Waals surface area contributed by atoms with Gasteiger partial charge in [0.15, 0.2) is 18.2 Å². The summed E-state index contributed by atoms with van der Waals surface area (Å²) >= 11 is 0. The Balaban J connectivity index is 1.45. The van der Waals surface area contributed by atoms with Crippen LogP contribution in [0.5, 0.6) is 0 Å². The molecule has 1 aromatic carbocycles. The van der Waals surface area contributed by atoms with E-state index in [0.29, 0.717) is 24.9 Å². The van der Waals surface area contributed by atoms with E-state index in [9.17, 15) is 9.59 Å². The van der Waals surface area contributed by atoms with Crippen molar-refractivity contribution in [1.82, 2.24) is 29.6 Å². The Hall–Kier alpha value is -3.71. The van der Waals surface area contributed by atoms with Gasteiger partial charge in [0.1, 0.15) is 5.82 Å². The largest absolute Gasteiger partial charge is 0.341 e. The van der Waals surface area contributed by atoms with Gasteiger partial charge in [0.25, 0.3) is 5.91 Å². The first kappa shape index (κ1) is 22.1. The van der Waals surface area contributed by atoms with E-state index in [1.165, 1.54) is 9.80 Å². The molecule has 3 amide bonds. The number of guanidine groups is 1. The van der Waals surface area contributed by atoms with Crippen molar-refractivity contribution in [1.29, 1.82) is 0 Å². The fourth-order valence-electron chi connectivity index (χ4n) is 4.83. The van der Waals surface area contributed by atoms with E-state index < -0.39 is 18.2 Å². The molecule has 10 heteroatoms. The molecule has 176 valence electrons. The number of piperidine rings is 1. The molecule has 2 saturated heterocycles. The summed E-state index contributed by atoms with van der Waals surface area (Å²) in [7, 11) is 1.68. The average molecular weight is 461 g/mol. The molecule has 34 heavy (non-hydrogen) atoms. The summed E-state index contributed by atoms with van der Waals surface area (Å²) < 4.78 is 0. The number of hydrogen-bond acceptors (Lipinski definition) is 8. The van der Waals surface area contributed by atoms with E-state index in [2.05, 4.69) is 26.7 Å². The van der Waals surface area contributed by atoms with Crippen molar-refractivity contribution in [2.45, 2.75) is 44.6 Å². The van der Waals surface area contributed by atoms with Gasteiger partial charge in [-0.3, -0.25) is 9.69 Å². The average Bonchev–Trinajstić information content (AvgIpc) is 3.23. The Morgan fingerprint density at radius 3 is 2.85 bits per heavy atom. The quantitative estimate of drug-likeness (QED) is 0.676. The summed E-state index contributed by atoms with van der Waals surface area (Å²) in [5.41, 5.74) is 6.98. The molecular formula is C24H28N8O2. The number of carbonyl (C=O) groups excluding carboxylic acids is 2. The number of aromatic nitrogens is 2. The zero-order valence-corrected chi connectivity index (χ0v) is 19.4. The summed E-state index contributed by atoms with van der Waals surface area (Å²) in [6.07, 6.45) is 3.02. The number of nitrogens with zero attached hydrogens (tertiary/aromatic N) is 7. The molecule has 2 N–H and O–H groups in total. The van der Waals surface area contributed by atoms with Crippen LogP contribution in [0.3, 0.4) is 0 Å². The highest BCUT2D eigenvalue weighted by molar-refractivity contribution is 6.03. The Labute approximate surface area is 198 Å². The fraction of sp³-hybridized carbons (Fsp3) is 0.458. The lowest BCUT2D eigenvalue weighted by Crippen LogP contribution is -2.65. The summed E-state index contributed by atoms with van der Waals surface area (Å²) in [5, 5.41) is 0.901. The van der Waals surface area contributed by atoms with Crippen LogP contribution >= 0.6 is 0 Å². The number of aliphatic imine (C=N–C) groups is 1. The second kappa shape index (κ2) is 8.91. The van der Waals surface area contributed by atoms with Crippen molar-refractivity contribution in [3.8, 4) is 11.8 Å². The second-order valence-corrected chi connectivity index (χ2v) is 8.85. The van der Waals surface area contributed by atoms with Gasteiger partial charge >= 0.3 is 6.03 Å². The van der Waals surface area contributed by atoms with E-state index in [1.54, 1.807) is 20.2 Å². The number of para-hydroxylation sites is 1. The highest BCUT2D eigenvalue weighted by atomic mass is 16.2. The maximum Gasteiger partial charge on any atom is 0.328 e. The lowest BCUT2D eigenvalue weighted by atomic mass is 10.1. The molecule has 0 aliphatic carbocycles. The lowest BCUT2D eigenvalue weighted by molar-refractivity contribution is -0.138. The predicted octanol–water partition coefficient (Wildman–Crippen LogP) is 0.837. The van der Waals surface area contributed by atoms with Gasteiger partial charge in [-0.15, -0.1) is 5.92 Å². The second-order valence-electron chi connectivity index (χ2n) is 8.85. The van der Waals surface area contributed by atoms with Crippen molar-refractivity contribution in [3.05, 3.63) is 36.3 Å². The molecule has 3 aliphatic rings. The zero-order chi connectivity index (χ0) is 23.8. The molecule has 0 bridgehead atoms. The molecule has 10 nitrogen and oxygen atoms in total. The molecule has 2 aromatic rings. The minimum atomic E-state index is -0.655. The topological polar surface area (TPSA) is 111 Å². The first-order valence-corrected chi connectivity index (χ1v) is 11.5. The van der Waals surface area contributed by atoms with E-state index in [0.717, 1.165) is 30.3 Å². The number of benzene rings is 1. The number of hydrogen-bond donors (Lipinski definition) is 1. The molecule has 0 spiro atoms. The number of rotatable bonds is 3. The molecule has 0 saturated carbocycles.